The lowest BCUT2D eigenvalue weighted by molar-refractivity contribution is -0.143. The molecule has 2 N–H and O–H groups in total. The summed E-state index contributed by atoms with van der Waals surface area (Å²) in [6.45, 7) is 3.30. The molecular weight excluding hydrogens is 260 g/mol. The minimum Gasteiger partial charge on any atom is -0.480 e. The second kappa shape index (κ2) is 5.13. The zero-order chi connectivity index (χ0) is 14.0. The van der Waals surface area contributed by atoms with Crippen molar-refractivity contribution in [1.82, 2.24) is 10.2 Å². The number of aliphatic carboxylic acids is 1. The van der Waals surface area contributed by atoms with E-state index in [2.05, 4.69) is 5.32 Å². The van der Waals surface area contributed by atoms with Gasteiger partial charge in [0.25, 0.3) is 0 Å². The number of carbonyl (C=O) groups excluding carboxylic acids is 1. The summed E-state index contributed by atoms with van der Waals surface area (Å²) in [7, 11) is -3.05. The van der Waals surface area contributed by atoms with Gasteiger partial charge in [0.1, 0.15) is 5.54 Å². The Balaban J connectivity index is 2.64. The summed E-state index contributed by atoms with van der Waals surface area (Å²) in [4.78, 5) is 24.2. The van der Waals surface area contributed by atoms with E-state index in [1.165, 1.54) is 11.8 Å². The number of nitrogens with zero attached hydrogens (tertiary/aromatic N) is 1. The Kier molecular flexibility index (Phi) is 4.20. The Hall–Kier alpha value is -1.31. The molecule has 8 heteroatoms. The average molecular weight is 278 g/mol. The van der Waals surface area contributed by atoms with E-state index in [1.807, 2.05) is 0 Å². The molecule has 0 bridgehead atoms. The Morgan fingerprint density at radius 3 is 2.22 bits per heavy atom. The van der Waals surface area contributed by atoms with Crippen molar-refractivity contribution < 1.29 is 23.1 Å². The molecule has 1 fully saturated rings. The van der Waals surface area contributed by atoms with E-state index in [4.69, 9.17) is 5.11 Å². The van der Waals surface area contributed by atoms with Gasteiger partial charge in [0.15, 0.2) is 9.84 Å². The molecule has 1 heterocycles. The lowest BCUT2D eigenvalue weighted by Gasteiger charge is -2.31. The maximum absolute atomic E-state index is 11.8. The molecule has 1 atom stereocenters. The van der Waals surface area contributed by atoms with Gasteiger partial charge >= 0.3 is 12.0 Å². The highest BCUT2D eigenvalue weighted by atomic mass is 32.2. The molecule has 2 amide bonds. The molecule has 18 heavy (non-hydrogen) atoms. The number of nitrogens with one attached hydrogen (secondary N) is 1. The van der Waals surface area contributed by atoms with Gasteiger partial charge in [-0.2, -0.15) is 0 Å². The van der Waals surface area contributed by atoms with Crippen LogP contribution in [0, 0.1) is 0 Å². The molecule has 0 aromatic heterocycles. The second-order valence-corrected chi connectivity index (χ2v) is 6.86. The van der Waals surface area contributed by atoms with Crippen molar-refractivity contribution in [1.29, 1.82) is 0 Å². The van der Waals surface area contributed by atoms with Gasteiger partial charge in [-0.25, -0.2) is 18.0 Å². The van der Waals surface area contributed by atoms with Crippen LogP contribution < -0.4 is 5.32 Å². The van der Waals surface area contributed by atoms with Gasteiger partial charge in [0.2, 0.25) is 0 Å². The molecule has 1 saturated heterocycles. The number of urea groups is 1. The second-order valence-electron chi connectivity index (χ2n) is 4.56. The van der Waals surface area contributed by atoms with Crippen molar-refractivity contribution in [2.75, 3.05) is 24.6 Å². The molecule has 0 spiro atoms. The number of rotatable bonds is 3. The Morgan fingerprint density at radius 2 is 1.83 bits per heavy atom. The fourth-order valence-corrected chi connectivity index (χ4v) is 2.72. The van der Waals surface area contributed by atoms with Crippen LogP contribution in [0.1, 0.15) is 20.3 Å². The molecule has 1 aliphatic rings. The lowest BCUT2D eigenvalue weighted by Crippen LogP contribution is -2.57. The number of carboxylic acids is 1. The number of carbonyl (C=O) groups is 2. The minimum atomic E-state index is -3.05. The predicted octanol–water partition coefficient (Wildman–Crippen LogP) is -0.320. The van der Waals surface area contributed by atoms with E-state index in [9.17, 15) is 18.0 Å². The zero-order valence-corrected chi connectivity index (χ0v) is 11.3. The predicted molar refractivity (Wildman–Crippen MR) is 65.1 cm³/mol. The summed E-state index contributed by atoms with van der Waals surface area (Å²) >= 11 is 0. The molecule has 104 valence electrons. The summed E-state index contributed by atoms with van der Waals surface area (Å²) in [5.74, 6) is -1.25. The van der Waals surface area contributed by atoms with Crippen molar-refractivity contribution in [2.45, 2.75) is 25.8 Å². The van der Waals surface area contributed by atoms with E-state index >= 15 is 0 Å². The summed E-state index contributed by atoms with van der Waals surface area (Å²) in [6, 6.07) is -0.531. The molecular formula is C10H18N2O5S. The maximum atomic E-state index is 11.8. The Bertz CT molecular complexity index is 433. The molecule has 1 rings (SSSR count). The third-order valence-corrected chi connectivity index (χ3v) is 4.80. The van der Waals surface area contributed by atoms with E-state index in [0.717, 1.165) is 0 Å². The molecule has 0 aromatic rings. The van der Waals surface area contributed by atoms with E-state index in [-0.39, 0.29) is 31.0 Å². The van der Waals surface area contributed by atoms with Gasteiger partial charge in [-0.1, -0.05) is 6.92 Å². The van der Waals surface area contributed by atoms with Crippen LogP contribution in [-0.2, 0) is 14.6 Å². The molecule has 0 saturated carbocycles. The summed E-state index contributed by atoms with van der Waals surface area (Å²) in [5.41, 5.74) is -1.33. The van der Waals surface area contributed by atoms with Crippen LogP contribution in [0.4, 0.5) is 4.79 Å². The summed E-state index contributed by atoms with van der Waals surface area (Å²) < 4.78 is 22.4. The number of hydrogen-bond donors (Lipinski definition) is 2. The summed E-state index contributed by atoms with van der Waals surface area (Å²) in [5, 5.41) is 11.5. The first-order valence-electron chi connectivity index (χ1n) is 5.71. The van der Waals surface area contributed by atoms with Gasteiger partial charge in [0.05, 0.1) is 11.5 Å². The van der Waals surface area contributed by atoms with Crippen LogP contribution in [0.25, 0.3) is 0 Å². The quantitative estimate of drug-likeness (QED) is 0.736. The van der Waals surface area contributed by atoms with E-state index in [0.29, 0.717) is 0 Å². The highest BCUT2D eigenvalue weighted by molar-refractivity contribution is 7.91. The molecule has 7 nitrogen and oxygen atoms in total. The van der Waals surface area contributed by atoms with Crippen LogP contribution >= 0.6 is 0 Å². The lowest BCUT2D eigenvalue weighted by atomic mass is 10.00. The van der Waals surface area contributed by atoms with Crippen LogP contribution in [0.15, 0.2) is 0 Å². The number of carboxylic acid groups (broad SMARTS) is 1. The number of amides is 2. The van der Waals surface area contributed by atoms with Crippen molar-refractivity contribution in [2.24, 2.45) is 0 Å². The number of hydrogen-bond acceptors (Lipinski definition) is 4. The standard InChI is InChI=1S/C10H18N2O5S/c1-3-10(2,8(13)14)11-9(15)12-4-6-18(16,17)7-5-12/h3-7H2,1-2H3,(H,11,15)(H,13,14). The third-order valence-electron chi connectivity index (χ3n) is 3.19. The van der Waals surface area contributed by atoms with Crippen LogP contribution in [0.3, 0.4) is 0 Å². The van der Waals surface area contributed by atoms with Crippen molar-refractivity contribution in [3.63, 3.8) is 0 Å². The first-order chi connectivity index (χ1) is 8.20. The molecule has 0 aromatic carbocycles. The normalized spacial score (nSPS) is 22.0. The highest BCUT2D eigenvalue weighted by Crippen LogP contribution is 2.11. The first-order valence-corrected chi connectivity index (χ1v) is 7.53. The monoisotopic (exact) mass is 278 g/mol. The highest BCUT2D eigenvalue weighted by Gasteiger charge is 2.35. The number of sulfone groups is 1. The SMILES string of the molecule is CCC(C)(NC(=O)N1CCS(=O)(=O)CC1)C(=O)O. The molecule has 0 radical (unpaired) electrons. The van der Waals surface area contributed by atoms with Gasteiger partial charge in [-0.15, -0.1) is 0 Å². The molecule has 1 unspecified atom stereocenters. The smallest absolute Gasteiger partial charge is 0.329 e. The van der Waals surface area contributed by atoms with Gasteiger partial charge < -0.3 is 15.3 Å². The van der Waals surface area contributed by atoms with Gasteiger partial charge in [0, 0.05) is 13.1 Å². The van der Waals surface area contributed by atoms with Crippen LogP contribution in [0.2, 0.25) is 0 Å². The van der Waals surface area contributed by atoms with Crippen molar-refractivity contribution in [3.8, 4) is 0 Å². The third kappa shape index (κ3) is 3.34. The van der Waals surface area contributed by atoms with Crippen molar-refractivity contribution >= 4 is 21.8 Å². The summed E-state index contributed by atoms with van der Waals surface area (Å²) in [6.07, 6.45) is 0.250. The van der Waals surface area contributed by atoms with E-state index < -0.39 is 27.4 Å². The molecule has 0 aliphatic carbocycles. The fraction of sp³-hybridized carbons (Fsp3) is 0.800. The van der Waals surface area contributed by atoms with Crippen LogP contribution in [-0.4, -0.2) is 60.6 Å². The first kappa shape index (κ1) is 14.7. The topological polar surface area (TPSA) is 104 Å². The van der Waals surface area contributed by atoms with E-state index in [1.54, 1.807) is 6.92 Å². The zero-order valence-electron chi connectivity index (χ0n) is 10.5. The van der Waals surface area contributed by atoms with Crippen molar-refractivity contribution in [3.05, 3.63) is 0 Å². The van der Waals surface area contributed by atoms with Crippen LogP contribution in [0.5, 0.6) is 0 Å². The minimum absolute atomic E-state index is 0.0731. The average Bonchev–Trinajstić information content (AvgIpc) is 2.28. The fourth-order valence-electron chi connectivity index (χ4n) is 1.52. The maximum Gasteiger partial charge on any atom is 0.329 e. The molecule has 1 aliphatic heterocycles. The Labute approximate surface area is 106 Å². The largest absolute Gasteiger partial charge is 0.480 e. The Morgan fingerprint density at radius 1 is 1.33 bits per heavy atom. The van der Waals surface area contributed by atoms with Gasteiger partial charge in [-0.3, -0.25) is 0 Å². The van der Waals surface area contributed by atoms with Gasteiger partial charge in [-0.05, 0) is 13.3 Å².